The summed E-state index contributed by atoms with van der Waals surface area (Å²) in [6.07, 6.45) is 18.1. The molecule has 0 amide bonds. The van der Waals surface area contributed by atoms with E-state index in [-0.39, 0.29) is 6.61 Å². The topological polar surface area (TPSA) is 35.0 Å². The summed E-state index contributed by atoms with van der Waals surface area (Å²) in [6, 6.07) is 16.4. The molecule has 1 heterocycles. The number of hydrogen-bond donors (Lipinski definition) is 0. The highest BCUT2D eigenvalue weighted by Gasteiger charge is 2.08. The lowest BCUT2D eigenvalue weighted by Gasteiger charge is -2.11. The van der Waals surface area contributed by atoms with Crippen LogP contribution in [0, 0.1) is 0 Å². The number of nitrogens with zero attached hydrogens (tertiary/aromatic N) is 2. The Bertz CT molecular complexity index is 986. The maximum absolute atomic E-state index is 14.1. The Kier molecular flexibility index (Phi) is 13.2. The predicted octanol–water partition coefficient (Wildman–Crippen LogP) is 9.79. The fourth-order valence-electron chi connectivity index (χ4n) is 4.54. The van der Waals surface area contributed by atoms with Gasteiger partial charge in [0.15, 0.2) is 5.82 Å². The lowest BCUT2D eigenvalue weighted by atomic mass is 10.0. The van der Waals surface area contributed by atoms with Crippen LogP contribution in [0.4, 0.5) is 4.39 Å². The molecule has 0 aliphatic carbocycles. The highest BCUT2D eigenvalue weighted by molar-refractivity contribution is 5.64. The van der Waals surface area contributed by atoms with Gasteiger partial charge in [0.05, 0.1) is 0 Å². The van der Waals surface area contributed by atoms with Crippen molar-refractivity contribution in [3.63, 3.8) is 0 Å². The van der Waals surface area contributed by atoms with Gasteiger partial charge in [-0.2, -0.15) is 0 Å². The molecule has 3 aromatic rings. The zero-order valence-electron chi connectivity index (χ0n) is 22.9. The monoisotopic (exact) mass is 504 g/mol. The van der Waals surface area contributed by atoms with Crippen molar-refractivity contribution in [2.24, 2.45) is 0 Å². The second-order valence-corrected chi connectivity index (χ2v) is 10.1. The van der Waals surface area contributed by atoms with Crippen molar-refractivity contribution in [3.8, 4) is 28.3 Å². The summed E-state index contributed by atoms with van der Waals surface area (Å²) in [5.41, 5.74) is 4.38. The van der Waals surface area contributed by atoms with Crippen molar-refractivity contribution in [2.75, 3.05) is 6.61 Å². The molecule has 0 spiro atoms. The van der Waals surface area contributed by atoms with Crippen molar-refractivity contribution in [2.45, 2.75) is 103 Å². The molecule has 3 rings (SSSR count). The quantitative estimate of drug-likeness (QED) is 0.162. The summed E-state index contributed by atoms with van der Waals surface area (Å²) < 4.78 is 19.8. The maximum atomic E-state index is 14.1. The van der Waals surface area contributed by atoms with Crippen LogP contribution in [-0.4, -0.2) is 22.7 Å². The molecule has 0 N–H and O–H groups in total. The van der Waals surface area contributed by atoms with Gasteiger partial charge in [-0.1, -0.05) is 114 Å². The normalized spacial score (nSPS) is 12.0. The van der Waals surface area contributed by atoms with E-state index >= 15 is 0 Å². The van der Waals surface area contributed by atoms with E-state index in [0.717, 1.165) is 41.8 Å². The van der Waals surface area contributed by atoms with Gasteiger partial charge in [0.2, 0.25) is 0 Å². The second kappa shape index (κ2) is 16.9. The smallest absolute Gasteiger partial charge is 0.159 e. The molecule has 0 bridgehead atoms. The van der Waals surface area contributed by atoms with Crippen LogP contribution in [0.25, 0.3) is 22.5 Å². The van der Waals surface area contributed by atoms with Gasteiger partial charge < -0.3 is 4.74 Å². The van der Waals surface area contributed by atoms with Gasteiger partial charge in [0, 0.05) is 23.5 Å². The molecule has 0 radical (unpaired) electrons. The third-order valence-corrected chi connectivity index (χ3v) is 6.92. The van der Waals surface area contributed by atoms with Crippen LogP contribution < -0.4 is 4.74 Å². The van der Waals surface area contributed by atoms with Crippen LogP contribution in [0.15, 0.2) is 60.9 Å². The Labute approximate surface area is 223 Å². The van der Waals surface area contributed by atoms with E-state index in [1.807, 2.05) is 36.7 Å². The number of aromatic nitrogens is 2. The number of rotatable bonds is 18. The molecule has 200 valence electrons. The summed E-state index contributed by atoms with van der Waals surface area (Å²) in [4.78, 5) is 9.19. The standard InChI is InChI=1S/C33H45FN2O/c1-3-5-7-9-11-12-14-27-16-18-29(19-17-27)33-35-24-30(25-36-33)28-20-22-32(23-21-28)37-26-31(34)15-13-10-8-6-4-2/h16-25,31H,3-15,26H2,1-2H3. The minimum Gasteiger partial charge on any atom is -0.491 e. The number of unbranched alkanes of at least 4 members (excludes halogenated alkanes) is 9. The van der Waals surface area contributed by atoms with E-state index in [9.17, 15) is 4.39 Å². The highest BCUT2D eigenvalue weighted by atomic mass is 19.1. The average molecular weight is 505 g/mol. The highest BCUT2D eigenvalue weighted by Crippen LogP contribution is 2.24. The summed E-state index contributed by atoms with van der Waals surface area (Å²) in [7, 11) is 0. The van der Waals surface area contributed by atoms with E-state index in [4.69, 9.17) is 4.74 Å². The lowest BCUT2D eigenvalue weighted by Crippen LogP contribution is -2.12. The number of hydrogen-bond acceptors (Lipinski definition) is 3. The van der Waals surface area contributed by atoms with Crippen LogP contribution >= 0.6 is 0 Å². The molecule has 4 heteroatoms. The molecule has 1 atom stereocenters. The molecule has 0 aliphatic rings. The Hall–Kier alpha value is -2.75. The van der Waals surface area contributed by atoms with Crippen molar-refractivity contribution >= 4 is 0 Å². The lowest BCUT2D eigenvalue weighted by molar-refractivity contribution is 0.184. The Morgan fingerprint density at radius 2 is 1.22 bits per heavy atom. The largest absolute Gasteiger partial charge is 0.491 e. The molecule has 3 nitrogen and oxygen atoms in total. The Balaban J connectivity index is 1.43. The van der Waals surface area contributed by atoms with E-state index in [0.29, 0.717) is 12.2 Å². The van der Waals surface area contributed by atoms with Crippen molar-refractivity contribution in [1.82, 2.24) is 9.97 Å². The van der Waals surface area contributed by atoms with Crippen molar-refractivity contribution < 1.29 is 9.13 Å². The summed E-state index contributed by atoms with van der Waals surface area (Å²) >= 11 is 0. The number of alkyl halides is 1. The van der Waals surface area contributed by atoms with Crippen LogP contribution in [0.1, 0.15) is 96.5 Å². The molecule has 0 fully saturated rings. The van der Waals surface area contributed by atoms with Crippen LogP contribution in [0.3, 0.4) is 0 Å². The van der Waals surface area contributed by atoms with Gasteiger partial charge in [-0.05, 0) is 42.5 Å². The first-order chi connectivity index (χ1) is 18.2. The first kappa shape index (κ1) is 28.8. The average Bonchev–Trinajstić information content (AvgIpc) is 2.94. The number of ether oxygens (including phenoxy) is 1. The van der Waals surface area contributed by atoms with Crippen molar-refractivity contribution in [1.29, 1.82) is 0 Å². The molecule has 0 aliphatic heterocycles. The van der Waals surface area contributed by atoms with Crippen LogP contribution in [0.5, 0.6) is 5.75 Å². The maximum Gasteiger partial charge on any atom is 0.159 e. The summed E-state index contributed by atoms with van der Waals surface area (Å²) in [5, 5.41) is 0. The van der Waals surface area contributed by atoms with E-state index in [1.165, 1.54) is 63.4 Å². The molecule has 2 aromatic carbocycles. The summed E-state index contributed by atoms with van der Waals surface area (Å²) in [5.74, 6) is 1.43. The van der Waals surface area contributed by atoms with Gasteiger partial charge in [0.1, 0.15) is 18.5 Å². The first-order valence-electron chi connectivity index (χ1n) is 14.5. The third kappa shape index (κ3) is 10.6. The van der Waals surface area contributed by atoms with Gasteiger partial charge >= 0.3 is 0 Å². The zero-order chi connectivity index (χ0) is 26.1. The predicted molar refractivity (Wildman–Crippen MR) is 154 cm³/mol. The fraction of sp³-hybridized carbons (Fsp3) is 0.515. The minimum absolute atomic E-state index is 0.114. The molecular formula is C33H45FN2O. The van der Waals surface area contributed by atoms with Gasteiger partial charge in [0.25, 0.3) is 0 Å². The first-order valence-corrected chi connectivity index (χ1v) is 14.5. The van der Waals surface area contributed by atoms with E-state index in [1.54, 1.807) is 0 Å². The molecule has 1 unspecified atom stereocenters. The fourth-order valence-corrected chi connectivity index (χ4v) is 4.54. The van der Waals surface area contributed by atoms with E-state index in [2.05, 4.69) is 48.1 Å². The second-order valence-electron chi connectivity index (χ2n) is 10.1. The van der Waals surface area contributed by atoms with Gasteiger partial charge in [-0.15, -0.1) is 0 Å². The molecular weight excluding hydrogens is 459 g/mol. The molecule has 37 heavy (non-hydrogen) atoms. The minimum atomic E-state index is -0.910. The summed E-state index contributed by atoms with van der Waals surface area (Å²) in [6.45, 7) is 4.56. The number of aryl methyl sites for hydroxylation is 1. The van der Waals surface area contributed by atoms with E-state index < -0.39 is 6.17 Å². The van der Waals surface area contributed by atoms with Gasteiger partial charge in [-0.3, -0.25) is 0 Å². The molecule has 0 saturated carbocycles. The molecule has 1 aromatic heterocycles. The zero-order valence-corrected chi connectivity index (χ0v) is 22.9. The Morgan fingerprint density at radius 1 is 0.649 bits per heavy atom. The van der Waals surface area contributed by atoms with Gasteiger partial charge in [-0.25, -0.2) is 14.4 Å². The number of benzene rings is 2. The number of halogens is 1. The Morgan fingerprint density at radius 3 is 1.86 bits per heavy atom. The SMILES string of the molecule is CCCCCCCCc1ccc(-c2ncc(-c3ccc(OCC(F)CCCCCCC)cc3)cn2)cc1. The van der Waals surface area contributed by atoms with Crippen LogP contribution in [0.2, 0.25) is 0 Å². The van der Waals surface area contributed by atoms with Crippen LogP contribution in [-0.2, 0) is 6.42 Å². The third-order valence-electron chi connectivity index (χ3n) is 6.92. The molecule has 0 saturated heterocycles. The van der Waals surface area contributed by atoms with Crippen molar-refractivity contribution in [3.05, 3.63) is 66.5 Å².